The zero-order valence-electron chi connectivity index (χ0n) is 11.4. The highest BCUT2D eigenvalue weighted by Gasteiger charge is 2.11. The fourth-order valence-corrected chi connectivity index (χ4v) is 2.49. The van der Waals surface area contributed by atoms with Gasteiger partial charge in [-0.15, -0.1) is 11.6 Å². The van der Waals surface area contributed by atoms with Crippen LogP contribution in [0.25, 0.3) is 11.0 Å². The summed E-state index contributed by atoms with van der Waals surface area (Å²) in [6.45, 7) is 4.59. The van der Waals surface area contributed by atoms with Crippen LogP contribution in [0.15, 0.2) is 22.7 Å². The molecule has 0 amide bonds. The van der Waals surface area contributed by atoms with E-state index in [1.54, 1.807) is 0 Å². The molecule has 0 aliphatic carbocycles. The van der Waals surface area contributed by atoms with E-state index in [0.717, 1.165) is 23.4 Å². The average Bonchev–Trinajstić information content (AvgIpc) is 2.99. The van der Waals surface area contributed by atoms with E-state index in [0.29, 0.717) is 24.0 Å². The number of imidazole rings is 1. The molecule has 2 heterocycles. The van der Waals surface area contributed by atoms with Crippen LogP contribution in [0.5, 0.6) is 0 Å². The highest BCUT2D eigenvalue weighted by atomic mass is 35.5. The van der Waals surface area contributed by atoms with Gasteiger partial charge in [0.15, 0.2) is 5.82 Å². The quantitative estimate of drug-likeness (QED) is 0.693. The smallest absolute Gasteiger partial charge is 0.228 e. The predicted molar refractivity (Wildman–Crippen MR) is 76.8 cm³/mol. The molecule has 0 unspecified atom stereocenters. The summed E-state index contributed by atoms with van der Waals surface area (Å²) in [5, 5.41) is 3.80. The maximum absolute atomic E-state index is 5.99. The highest BCUT2D eigenvalue weighted by Crippen LogP contribution is 2.19. The van der Waals surface area contributed by atoms with Gasteiger partial charge in [0.1, 0.15) is 5.82 Å². The van der Waals surface area contributed by atoms with E-state index in [-0.39, 0.29) is 0 Å². The molecule has 20 heavy (non-hydrogen) atoms. The topological polar surface area (TPSA) is 56.7 Å². The van der Waals surface area contributed by atoms with Gasteiger partial charge in [0.2, 0.25) is 5.89 Å². The van der Waals surface area contributed by atoms with Crippen LogP contribution in [0.4, 0.5) is 0 Å². The lowest BCUT2D eigenvalue weighted by atomic mass is 10.2. The van der Waals surface area contributed by atoms with Crippen LogP contribution in [0.3, 0.4) is 0 Å². The molecule has 0 bridgehead atoms. The number of aromatic nitrogens is 4. The van der Waals surface area contributed by atoms with Crippen LogP contribution in [-0.4, -0.2) is 19.7 Å². The molecule has 0 spiro atoms. The van der Waals surface area contributed by atoms with E-state index in [4.69, 9.17) is 16.1 Å². The Kier molecular flexibility index (Phi) is 3.44. The van der Waals surface area contributed by atoms with Gasteiger partial charge >= 0.3 is 0 Å². The molecule has 0 saturated heterocycles. The van der Waals surface area contributed by atoms with Gasteiger partial charge in [-0.2, -0.15) is 4.98 Å². The molecule has 3 aromatic rings. The maximum Gasteiger partial charge on any atom is 0.228 e. The zero-order chi connectivity index (χ0) is 14.1. The van der Waals surface area contributed by atoms with Crippen molar-refractivity contribution in [2.45, 2.75) is 32.7 Å². The second kappa shape index (κ2) is 5.25. The van der Waals surface area contributed by atoms with Crippen LogP contribution >= 0.6 is 11.6 Å². The Balaban J connectivity index is 1.93. The first-order chi connectivity index (χ1) is 9.67. The Labute approximate surface area is 121 Å². The third-order valence-electron chi connectivity index (χ3n) is 3.22. The van der Waals surface area contributed by atoms with Crippen molar-refractivity contribution < 1.29 is 4.52 Å². The summed E-state index contributed by atoms with van der Waals surface area (Å²) in [5.41, 5.74) is 3.25. The summed E-state index contributed by atoms with van der Waals surface area (Å²) >= 11 is 5.99. The van der Waals surface area contributed by atoms with Gasteiger partial charge < -0.3 is 9.09 Å². The summed E-state index contributed by atoms with van der Waals surface area (Å²) in [4.78, 5) is 8.79. The van der Waals surface area contributed by atoms with Crippen molar-refractivity contribution in [3.05, 3.63) is 41.3 Å². The lowest BCUT2D eigenvalue weighted by Gasteiger charge is -2.05. The Hall–Kier alpha value is -1.88. The Morgan fingerprint density at radius 3 is 2.80 bits per heavy atom. The number of rotatable bonds is 4. The molecule has 0 fully saturated rings. The third-order valence-corrected chi connectivity index (χ3v) is 3.46. The summed E-state index contributed by atoms with van der Waals surface area (Å²) in [7, 11) is 0. The van der Waals surface area contributed by atoms with Gasteiger partial charge in [-0.3, -0.25) is 0 Å². The summed E-state index contributed by atoms with van der Waals surface area (Å²) in [6.07, 6.45) is 0.671. The Morgan fingerprint density at radius 2 is 2.10 bits per heavy atom. The van der Waals surface area contributed by atoms with Crippen molar-refractivity contribution in [1.29, 1.82) is 0 Å². The van der Waals surface area contributed by atoms with Crippen LogP contribution in [0, 0.1) is 13.8 Å². The minimum absolute atomic E-state index is 0.386. The standard InChI is InChI=1S/C14H15ClN4O/c1-9-3-4-12-11(7-9)17-13(8-15)19(12)6-5-14-16-10(2)18-20-14/h3-4,7H,5-6,8H2,1-2H3. The number of hydrogen-bond acceptors (Lipinski definition) is 4. The lowest BCUT2D eigenvalue weighted by molar-refractivity contribution is 0.368. The van der Waals surface area contributed by atoms with Gasteiger partial charge in [0, 0.05) is 13.0 Å². The van der Waals surface area contributed by atoms with E-state index in [2.05, 4.69) is 44.8 Å². The number of alkyl halides is 1. The van der Waals surface area contributed by atoms with E-state index in [9.17, 15) is 0 Å². The fraction of sp³-hybridized carbons (Fsp3) is 0.357. The minimum Gasteiger partial charge on any atom is -0.339 e. The number of fused-ring (bicyclic) bond motifs is 1. The van der Waals surface area contributed by atoms with E-state index in [1.165, 1.54) is 5.56 Å². The monoisotopic (exact) mass is 290 g/mol. The molecule has 1 aromatic carbocycles. The largest absolute Gasteiger partial charge is 0.339 e. The third kappa shape index (κ3) is 2.41. The predicted octanol–water partition coefficient (Wildman–Crippen LogP) is 3.02. The average molecular weight is 291 g/mol. The zero-order valence-corrected chi connectivity index (χ0v) is 12.2. The van der Waals surface area contributed by atoms with Crippen molar-refractivity contribution in [3.8, 4) is 0 Å². The molecule has 0 radical (unpaired) electrons. The minimum atomic E-state index is 0.386. The van der Waals surface area contributed by atoms with Crippen LogP contribution < -0.4 is 0 Å². The second-order valence-electron chi connectivity index (χ2n) is 4.79. The molecule has 5 nitrogen and oxygen atoms in total. The first-order valence-electron chi connectivity index (χ1n) is 6.48. The van der Waals surface area contributed by atoms with Crippen molar-refractivity contribution in [2.24, 2.45) is 0 Å². The molecule has 0 aliphatic heterocycles. The van der Waals surface area contributed by atoms with Gasteiger partial charge in [-0.1, -0.05) is 11.2 Å². The Bertz CT molecular complexity index is 747. The molecule has 104 valence electrons. The van der Waals surface area contributed by atoms with E-state index >= 15 is 0 Å². The molecule has 3 rings (SSSR count). The van der Waals surface area contributed by atoms with E-state index < -0.39 is 0 Å². The highest BCUT2D eigenvalue weighted by molar-refractivity contribution is 6.16. The normalized spacial score (nSPS) is 11.3. The first-order valence-corrected chi connectivity index (χ1v) is 7.02. The van der Waals surface area contributed by atoms with E-state index in [1.807, 2.05) is 6.92 Å². The number of nitrogens with zero attached hydrogens (tertiary/aromatic N) is 4. The molecule has 0 saturated carbocycles. The number of hydrogen-bond donors (Lipinski definition) is 0. The number of aryl methyl sites for hydroxylation is 4. The first kappa shape index (κ1) is 13.1. The maximum atomic E-state index is 5.99. The fourth-order valence-electron chi connectivity index (χ4n) is 2.29. The van der Waals surface area contributed by atoms with Crippen LogP contribution in [0.2, 0.25) is 0 Å². The van der Waals surface area contributed by atoms with Crippen molar-refractivity contribution in [3.63, 3.8) is 0 Å². The molecular weight excluding hydrogens is 276 g/mol. The van der Waals surface area contributed by atoms with Crippen LogP contribution in [0.1, 0.15) is 23.1 Å². The molecular formula is C14H15ClN4O. The van der Waals surface area contributed by atoms with Gasteiger partial charge in [-0.25, -0.2) is 4.98 Å². The summed E-state index contributed by atoms with van der Waals surface area (Å²) in [5.74, 6) is 2.54. The van der Waals surface area contributed by atoms with Crippen molar-refractivity contribution >= 4 is 22.6 Å². The van der Waals surface area contributed by atoms with Crippen molar-refractivity contribution in [1.82, 2.24) is 19.7 Å². The van der Waals surface area contributed by atoms with Gasteiger partial charge in [-0.05, 0) is 31.5 Å². The molecule has 0 N–H and O–H groups in total. The number of benzene rings is 1. The summed E-state index contributed by atoms with van der Waals surface area (Å²) < 4.78 is 7.25. The van der Waals surface area contributed by atoms with Gasteiger partial charge in [0.05, 0.1) is 16.9 Å². The lowest BCUT2D eigenvalue weighted by Crippen LogP contribution is -2.05. The second-order valence-corrected chi connectivity index (χ2v) is 5.06. The number of halogens is 1. The SMILES string of the molecule is Cc1ccc2c(c1)nc(CCl)n2CCc1nc(C)no1. The van der Waals surface area contributed by atoms with Gasteiger partial charge in [0.25, 0.3) is 0 Å². The molecule has 6 heteroatoms. The molecule has 0 aliphatic rings. The van der Waals surface area contributed by atoms with Crippen molar-refractivity contribution in [2.75, 3.05) is 0 Å². The van der Waals surface area contributed by atoms with Crippen LogP contribution in [-0.2, 0) is 18.8 Å². The Morgan fingerprint density at radius 1 is 1.25 bits per heavy atom. The molecule has 2 aromatic heterocycles. The summed E-state index contributed by atoms with van der Waals surface area (Å²) in [6, 6.07) is 6.22. The molecule has 0 atom stereocenters.